The van der Waals surface area contributed by atoms with Gasteiger partial charge in [0.1, 0.15) is 11.8 Å². The van der Waals surface area contributed by atoms with Crippen molar-refractivity contribution in [1.29, 1.82) is 0 Å². The van der Waals surface area contributed by atoms with Crippen LogP contribution in [0.15, 0.2) is 23.6 Å². The summed E-state index contributed by atoms with van der Waals surface area (Å²) < 4.78 is 16.1. The molecular weight excluding hydrogens is 392 g/mol. The Hall–Kier alpha value is -2.45. The van der Waals surface area contributed by atoms with E-state index < -0.39 is 18.1 Å². The van der Waals surface area contributed by atoms with Gasteiger partial charge in [-0.05, 0) is 38.5 Å². The van der Waals surface area contributed by atoms with Crippen LogP contribution >= 0.6 is 11.3 Å². The SMILES string of the molecule is CCOC(=O)C(CC)N1C(=O)C(C)Oc2ccc(-c3csc(CCOC)n3)cc21. The summed E-state index contributed by atoms with van der Waals surface area (Å²) in [6.45, 7) is 6.18. The predicted molar refractivity (Wildman–Crippen MR) is 111 cm³/mol. The van der Waals surface area contributed by atoms with Crippen LogP contribution in [0.5, 0.6) is 5.75 Å². The number of carbonyl (C=O) groups excluding carboxylic acids is 2. The number of rotatable bonds is 8. The number of methoxy groups -OCH3 is 1. The maximum Gasteiger partial charge on any atom is 0.329 e. The van der Waals surface area contributed by atoms with Crippen LogP contribution in [0.2, 0.25) is 0 Å². The van der Waals surface area contributed by atoms with Gasteiger partial charge in [0.05, 0.1) is 29.6 Å². The summed E-state index contributed by atoms with van der Waals surface area (Å²) in [5.74, 6) is -0.101. The summed E-state index contributed by atoms with van der Waals surface area (Å²) in [7, 11) is 1.66. The molecule has 2 unspecified atom stereocenters. The molecule has 2 aromatic rings. The third kappa shape index (κ3) is 4.43. The van der Waals surface area contributed by atoms with Crippen molar-refractivity contribution in [2.75, 3.05) is 25.2 Å². The average Bonchev–Trinajstić information content (AvgIpc) is 3.18. The number of carbonyl (C=O) groups is 2. The smallest absolute Gasteiger partial charge is 0.329 e. The van der Waals surface area contributed by atoms with E-state index in [1.54, 1.807) is 32.3 Å². The fraction of sp³-hybridized carbons (Fsp3) is 0.476. The number of aromatic nitrogens is 1. The van der Waals surface area contributed by atoms with Crippen molar-refractivity contribution in [2.24, 2.45) is 0 Å². The zero-order valence-electron chi connectivity index (χ0n) is 17.1. The molecule has 3 rings (SSSR count). The van der Waals surface area contributed by atoms with Crippen molar-refractivity contribution in [3.05, 3.63) is 28.6 Å². The Balaban J connectivity index is 1.99. The van der Waals surface area contributed by atoms with Crippen LogP contribution in [0.1, 0.15) is 32.2 Å². The molecule has 156 valence electrons. The molecule has 29 heavy (non-hydrogen) atoms. The number of hydrogen-bond donors (Lipinski definition) is 0. The summed E-state index contributed by atoms with van der Waals surface area (Å²) in [5.41, 5.74) is 2.24. The molecule has 0 radical (unpaired) electrons. The van der Waals surface area contributed by atoms with Crippen LogP contribution in [0.25, 0.3) is 11.3 Å². The molecule has 0 spiro atoms. The summed E-state index contributed by atoms with van der Waals surface area (Å²) in [6.07, 6.45) is 0.522. The van der Waals surface area contributed by atoms with Gasteiger partial charge in [-0.25, -0.2) is 9.78 Å². The van der Waals surface area contributed by atoms with Crippen LogP contribution in [0.3, 0.4) is 0 Å². The van der Waals surface area contributed by atoms with Gasteiger partial charge in [-0.2, -0.15) is 0 Å². The lowest BCUT2D eigenvalue weighted by Gasteiger charge is -2.37. The Morgan fingerprint density at radius 3 is 2.86 bits per heavy atom. The van der Waals surface area contributed by atoms with Gasteiger partial charge in [-0.3, -0.25) is 9.69 Å². The fourth-order valence-electron chi connectivity index (χ4n) is 3.28. The molecule has 0 N–H and O–H groups in total. The highest BCUT2D eigenvalue weighted by molar-refractivity contribution is 7.09. The molecule has 1 aliphatic heterocycles. The minimum Gasteiger partial charge on any atom is -0.479 e. The Morgan fingerprint density at radius 1 is 1.38 bits per heavy atom. The largest absolute Gasteiger partial charge is 0.479 e. The number of benzene rings is 1. The third-order valence-electron chi connectivity index (χ3n) is 4.73. The minimum atomic E-state index is -0.699. The predicted octanol–water partition coefficient (Wildman–Crippen LogP) is 3.45. The van der Waals surface area contributed by atoms with Crippen molar-refractivity contribution in [3.63, 3.8) is 0 Å². The van der Waals surface area contributed by atoms with Crippen molar-refractivity contribution < 1.29 is 23.8 Å². The number of anilines is 1. The van der Waals surface area contributed by atoms with Gasteiger partial charge < -0.3 is 14.2 Å². The van der Waals surface area contributed by atoms with E-state index in [1.165, 1.54) is 4.90 Å². The first-order chi connectivity index (χ1) is 14.0. The van der Waals surface area contributed by atoms with E-state index in [2.05, 4.69) is 4.98 Å². The third-order valence-corrected chi connectivity index (χ3v) is 5.64. The second kappa shape index (κ2) is 9.37. The van der Waals surface area contributed by atoms with E-state index in [1.807, 2.05) is 30.5 Å². The van der Waals surface area contributed by atoms with Crippen molar-refractivity contribution in [3.8, 4) is 17.0 Å². The van der Waals surface area contributed by atoms with Gasteiger partial charge in [0.15, 0.2) is 6.10 Å². The van der Waals surface area contributed by atoms with Gasteiger partial charge in [0.2, 0.25) is 0 Å². The van der Waals surface area contributed by atoms with E-state index in [-0.39, 0.29) is 12.5 Å². The van der Waals surface area contributed by atoms with E-state index in [4.69, 9.17) is 14.2 Å². The van der Waals surface area contributed by atoms with E-state index >= 15 is 0 Å². The molecule has 1 aromatic carbocycles. The Bertz CT molecular complexity index is 882. The van der Waals surface area contributed by atoms with Gasteiger partial charge in [-0.15, -0.1) is 11.3 Å². The molecule has 2 atom stereocenters. The number of esters is 1. The van der Waals surface area contributed by atoms with Gasteiger partial charge in [0.25, 0.3) is 5.91 Å². The monoisotopic (exact) mass is 418 g/mol. The molecule has 1 aromatic heterocycles. The molecule has 0 fully saturated rings. The normalized spacial score (nSPS) is 16.9. The lowest BCUT2D eigenvalue weighted by Crippen LogP contribution is -2.52. The molecule has 8 heteroatoms. The summed E-state index contributed by atoms with van der Waals surface area (Å²) in [5, 5.41) is 2.96. The second-order valence-corrected chi connectivity index (χ2v) is 7.64. The molecule has 2 heterocycles. The number of fused-ring (bicyclic) bond motifs is 1. The number of thiazole rings is 1. The van der Waals surface area contributed by atoms with Crippen molar-refractivity contribution in [2.45, 2.75) is 45.8 Å². The highest BCUT2D eigenvalue weighted by Gasteiger charge is 2.39. The summed E-state index contributed by atoms with van der Waals surface area (Å²) in [6, 6.07) is 4.90. The van der Waals surface area contributed by atoms with Crippen LogP contribution < -0.4 is 9.64 Å². The minimum absolute atomic E-state index is 0.256. The molecule has 0 saturated heterocycles. The summed E-state index contributed by atoms with van der Waals surface area (Å²) >= 11 is 1.57. The van der Waals surface area contributed by atoms with Gasteiger partial charge >= 0.3 is 5.97 Å². The Kier molecular flexibility index (Phi) is 6.87. The molecule has 1 aliphatic rings. The number of hydrogen-bond acceptors (Lipinski definition) is 7. The Morgan fingerprint density at radius 2 is 2.17 bits per heavy atom. The van der Waals surface area contributed by atoms with Gasteiger partial charge in [0, 0.05) is 24.5 Å². The lowest BCUT2D eigenvalue weighted by atomic mass is 10.0. The molecular formula is C21H26N2O5S. The van der Waals surface area contributed by atoms with Crippen molar-refractivity contribution >= 4 is 28.9 Å². The topological polar surface area (TPSA) is 78.0 Å². The first-order valence-corrected chi connectivity index (χ1v) is 10.6. The number of ether oxygens (including phenoxy) is 3. The first kappa shape index (κ1) is 21.3. The molecule has 1 amide bonds. The highest BCUT2D eigenvalue weighted by Crippen LogP contribution is 2.39. The lowest BCUT2D eigenvalue weighted by molar-refractivity contribution is -0.146. The van der Waals surface area contributed by atoms with Crippen molar-refractivity contribution in [1.82, 2.24) is 4.98 Å². The number of nitrogens with zero attached hydrogens (tertiary/aromatic N) is 2. The van der Waals surface area contributed by atoms with Crippen LogP contribution in [-0.2, 0) is 25.5 Å². The van der Waals surface area contributed by atoms with Crippen LogP contribution in [-0.4, -0.2) is 49.3 Å². The molecule has 0 bridgehead atoms. The Labute approximate surface area is 174 Å². The fourth-order valence-corrected chi connectivity index (χ4v) is 4.07. The van der Waals surface area contributed by atoms with E-state index in [9.17, 15) is 9.59 Å². The van der Waals surface area contributed by atoms with E-state index in [0.717, 1.165) is 22.7 Å². The maximum atomic E-state index is 12.9. The quantitative estimate of drug-likeness (QED) is 0.611. The summed E-state index contributed by atoms with van der Waals surface area (Å²) in [4.78, 5) is 31.6. The van der Waals surface area contributed by atoms with E-state index in [0.29, 0.717) is 24.5 Å². The molecule has 7 nitrogen and oxygen atoms in total. The zero-order chi connectivity index (χ0) is 21.0. The first-order valence-electron chi connectivity index (χ1n) is 9.74. The highest BCUT2D eigenvalue weighted by atomic mass is 32.1. The molecule has 0 aliphatic carbocycles. The number of amides is 1. The standard InChI is InChI=1S/C21H26N2O5S/c1-5-16(21(25)27-6-2)23-17-11-14(7-8-18(17)28-13(3)20(23)24)15-12-29-19(22-15)9-10-26-4/h7-8,11-13,16H,5-6,9-10H2,1-4H3. The second-order valence-electron chi connectivity index (χ2n) is 6.70. The van der Waals surface area contributed by atoms with Gasteiger partial charge in [-0.1, -0.05) is 6.92 Å². The zero-order valence-corrected chi connectivity index (χ0v) is 18.0. The van der Waals surface area contributed by atoms with Crippen LogP contribution in [0.4, 0.5) is 5.69 Å². The molecule has 0 saturated carbocycles. The average molecular weight is 419 g/mol. The maximum absolute atomic E-state index is 12.9. The van der Waals surface area contributed by atoms with Crippen LogP contribution in [0, 0.1) is 0 Å².